The molecular weight excluding hydrogens is 264 g/mol. The highest BCUT2D eigenvalue weighted by molar-refractivity contribution is 5.56. The number of nitrogens with one attached hydrogen (secondary N) is 1. The van der Waals surface area contributed by atoms with E-state index < -0.39 is 0 Å². The van der Waals surface area contributed by atoms with Crippen LogP contribution in [-0.2, 0) is 0 Å². The van der Waals surface area contributed by atoms with Crippen LogP contribution in [0.3, 0.4) is 0 Å². The maximum atomic E-state index is 9.65. The zero-order chi connectivity index (χ0) is 14.8. The minimum absolute atomic E-state index is 0.00781. The number of aromatic nitrogens is 2. The van der Waals surface area contributed by atoms with Gasteiger partial charge in [-0.3, -0.25) is 0 Å². The number of aliphatic hydroxyl groups is 1. The molecule has 1 heterocycles. The van der Waals surface area contributed by atoms with Crippen molar-refractivity contribution < 1.29 is 5.11 Å². The van der Waals surface area contributed by atoms with Crippen molar-refractivity contribution in [3.05, 3.63) is 47.3 Å². The molecule has 1 aromatic heterocycles. The third-order valence-corrected chi connectivity index (χ3v) is 3.84. The number of aliphatic hydroxyl groups excluding tert-OH is 1. The fourth-order valence-corrected chi connectivity index (χ4v) is 2.30. The average Bonchev–Trinajstić information content (AvgIpc) is 3.34. The Morgan fingerprint density at radius 2 is 2.00 bits per heavy atom. The molecule has 1 atom stereocenters. The van der Waals surface area contributed by atoms with Crippen molar-refractivity contribution in [3.8, 4) is 0 Å². The van der Waals surface area contributed by atoms with Crippen molar-refractivity contribution in [2.24, 2.45) is 0 Å². The number of hydrogen-bond donors (Lipinski definition) is 3. The standard InChI is InChI=1S/C16H20N4O/c1-10-14(17)19-16(12-7-8-12)20-15(10)18-13(9-21)11-5-3-2-4-6-11/h2-6,12-13,21H,7-9H2,1H3,(H3,17,18,19,20). The quantitative estimate of drug-likeness (QED) is 0.785. The van der Waals surface area contributed by atoms with Gasteiger partial charge in [0.25, 0.3) is 0 Å². The Morgan fingerprint density at radius 1 is 1.29 bits per heavy atom. The van der Waals surface area contributed by atoms with E-state index in [1.54, 1.807) is 0 Å². The third-order valence-electron chi connectivity index (χ3n) is 3.84. The van der Waals surface area contributed by atoms with Gasteiger partial charge in [0.2, 0.25) is 0 Å². The van der Waals surface area contributed by atoms with E-state index in [2.05, 4.69) is 15.3 Å². The Bertz CT molecular complexity index is 626. The summed E-state index contributed by atoms with van der Waals surface area (Å²) >= 11 is 0. The Kier molecular flexibility index (Phi) is 3.75. The molecule has 1 fully saturated rings. The topological polar surface area (TPSA) is 84.1 Å². The molecule has 1 unspecified atom stereocenters. The minimum Gasteiger partial charge on any atom is -0.394 e. The van der Waals surface area contributed by atoms with Crippen LogP contribution in [-0.4, -0.2) is 21.7 Å². The lowest BCUT2D eigenvalue weighted by Gasteiger charge is -2.19. The van der Waals surface area contributed by atoms with Gasteiger partial charge in [-0.25, -0.2) is 9.97 Å². The van der Waals surface area contributed by atoms with E-state index in [1.807, 2.05) is 37.3 Å². The van der Waals surface area contributed by atoms with E-state index in [9.17, 15) is 5.11 Å². The normalized spacial score (nSPS) is 15.7. The van der Waals surface area contributed by atoms with E-state index in [-0.39, 0.29) is 12.6 Å². The van der Waals surface area contributed by atoms with E-state index in [1.165, 1.54) is 0 Å². The first-order valence-corrected chi connectivity index (χ1v) is 7.25. The fourth-order valence-electron chi connectivity index (χ4n) is 2.30. The number of nitrogens with two attached hydrogens (primary N) is 1. The van der Waals surface area contributed by atoms with Gasteiger partial charge >= 0.3 is 0 Å². The first-order valence-electron chi connectivity index (χ1n) is 7.25. The Morgan fingerprint density at radius 3 is 2.62 bits per heavy atom. The van der Waals surface area contributed by atoms with Crippen molar-refractivity contribution >= 4 is 11.6 Å². The van der Waals surface area contributed by atoms with Crippen LogP contribution < -0.4 is 11.1 Å². The molecule has 0 aliphatic heterocycles. The maximum absolute atomic E-state index is 9.65. The second-order valence-electron chi connectivity index (χ2n) is 5.51. The predicted molar refractivity (Wildman–Crippen MR) is 83.0 cm³/mol. The summed E-state index contributed by atoms with van der Waals surface area (Å²) in [5, 5.41) is 13.0. The van der Waals surface area contributed by atoms with Crippen molar-refractivity contribution in [2.45, 2.75) is 31.7 Å². The molecule has 110 valence electrons. The Labute approximate surface area is 124 Å². The van der Waals surface area contributed by atoms with E-state index >= 15 is 0 Å². The van der Waals surface area contributed by atoms with Gasteiger partial charge in [-0.2, -0.15) is 0 Å². The molecule has 1 aliphatic rings. The summed E-state index contributed by atoms with van der Waals surface area (Å²) in [5.74, 6) is 2.48. The van der Waals surface area contributed by atoms with Gasteiger partial charge in [-0.05, 0) is 25.3 Å². The summed E-state index contributed by atoms with van der Waals surface area (Å²) in [6.45, 7) is 1.89. The molecule has 0 bridgehead atoms. The molecule has 0 spiro atoms. The molecule has 0 saturated heterocycles. The highest BCUT2D eigenvalue weighted by atomic mass is 16.3. The lowest BCUT2D eigenvalue weighted by atomic mass is 10.1. The summed E-state index contributed by atoms with van der Waals surface area (Å²) in [7, 11) is 0. The fraction of sp³-hybridized carbons (Fsp3) is 0.375. The molecule has 1 aromatic carbocycles. The zero-order valence-electron chi connectivity index (χ0n) is 12.1. The summed E-state index contributed by atoms with van der Waals surface area (Å²) in [6, 6.07) is 9.63. The first kappa shape index (κ1) is 13.8. The van der Waals surface area contributed by atoms with Crippen LogP contribution >= 0.6 is 0 Å². The molecule has 21 heavy (non-hydrogen) atoms. The SMILES string of the molecule is Cc1c(N)nc(C2CC2)nc1NC(CO)c1ccccc1. The molecule has 1 saturated carbocycles. The minimum atomic E-state index is -0.203. The molecule has 4 N–H and O–H groups in total. The molecule has 5 heteroatoms. The molecule has 1 aliphatic carbocycles. The number of nitrogens with zero attached hydrogens (tertiary/aromatic N) is 2. The molecule has 3 rings (SSSR count). The zero-order valence-corrected chi connectivity index (χ0v) is 12.1. The van der Waals surface area contributed by atoms with Gasteiger partial charge in [0.15, 0.2) is 0 Å². The second kappa shape index (κ2) is 5.69. The lowest BCUT2D eigenvalue weighted by Crippen LogP contribution is -2.18. The van der Waals surface area contributed by atoms with Crippen LogP contribution in [0.1, 0.15) is 41.8 Å². The monoisotopic (exact) mass is 284 g/mol. The van der Waals surface area contributed by atoms with Gasteiger partial charge < -0.3 is 16.2 Å². The molecule has 0 amide bonds. The highest BCUT2D eigenvalue weighted by Gasteiger charge is 2.28. The van der Waals surface area contributed by atoms with Crippen molar-refractivity contribution in [1.29, 1.82) is 0 Å². The third kappa shape index (κ3) is 2.97. The van der Waals surface area contributed by atoms with Crippen molar-refractivity contribution in [1.82, 2.24) is 9.97 Å². The van der Waals surface area contributed by atoms with Crippen LogP contribution in [0.2, 0.25) is 0 Å². The second-order valence-corrected chi connectivity index (χ2v) is 5.51. The van der Waals surface area contributed by atoms with Crippen LogP contribution in [0.15, 0.2) is 30.3 Å². The van der Waals surface area contributed by atoms with Crippen LogP contribution in [0, 0.1) is 6.92 Å². The average molecular weight is 284 g/mol. The first-order chi connectivity index (χ1) is 10.2. The Hall–Kier alpha value is -2.14. The summed E-state index contributed by atoms with van der Waals surface area (Å²) in [6.07, 6.45) is 2.26. The summed E-state index contributed by atoms with van der Waals surface area (Å²) in [4.78, 5) is 8.96. The van der Waals surface area contributed by atoms with E-state index in [0.717, 1.165) is 29.8 Å². The van der Waals surface area contributed by atoms with Gasteiger partial charge in [0, 0.05) is 11.5 Å². The van der Waals surface area contributed by atoms with Gasteiger partial charge in [0.05, 0.1) is 12.6 Å². The largest absolute Gasteiger partial charge is 0.394 e. The van der Waals surface area contributed by atoms with Gasteiger partial charge in [-0.15, -0.1) is 0 Å². The Balaban J connectivity index is 1.89. The maximum Gasteiger partial charge on any atom is 0.136 e. The van der Waals surface area contributed by atoms with Crippen LogP contribution in [0.5, 0.6) is 0 Å². The lowest BCUT2D eigenvalue weighted by molar-refractivity contribution is 0.276. The molecule has 0 radical (unpaired) electrons. The summed E-state index contributed by atoms with van der Waals surface area (Å²) in [5.41, 5.74) is 7.83. The number of hydrogen-bond acceptors (Lipinski definition) is 5. The van der Waals surface area contributed by atoms with Crippen LogP contribution in [0.25, 0.3) is 0 Å². The smallest absolute Gasteiger partial charge is 0.136 e. The van der Waals surface area contributed by atoms with Crippen molar-refractivity contribution in [3.63, 3.8) is 0 Å². The summed E-state index contributed by atoms with van der Waals surface area (Å²) < 4.78 is 0. The number of nitrogen functional groups attached to an aromatic ring is 1. The molecular formula is C16H20N4O. The van der Waals surface area contributed by atoms with E-state index in [4.69, 9.17) is 5.73 Å². The van der Waals surface area contributed by atoms with Crippen molar-refractivity contribution in [2.75, 3.05) is 17.7 Å². The number of benzene rings is 1. The van der Waals surface area contributed by atoms with Crippen LogP contribution in [0.4, 0.5) is 11.6 Å². The molecule has 2 aromatic rings. The predicted octanol–water partition coefficient (Wildman–Crippen LogP) is 2.39. The number of anilines is 2. The number of rotatable bonds is 5. The molecule has 5 nitrogen and oxygen atoms in total. The highest BCUT2D eigenvalue weighted by Crippen LogP contribution is 2.39. The van der Waals surface area contributed by atoms with Gasteiger partial charge in [-0.1, -0.05) is 30.3 Å². The van der Waals surface area contributed by atoms with E-state index in [0.29, 0.717) is 17.6 Å². The van der Waals surface area contributed by atoms with Gasteiger partial charge in [0.1, 0.15) is 17.5 Å².